The summed E-state index contributed by atoms with van der Waals surface area (Å²) in [5.41, 5.74) is 4.16. The van der Waals surface area contributed by atoms with Gasteiger partial charge in [0.25, 0.3) is 5.91 Å². The van der Waals surface area contributed by atoms with E-state index in [1.807, 2.05) is 49.4 Å². The molecule has 0 spiro atoms. The lowest BCUT2D eigenvalue weighted by Crippen LogP contribution is -2.22. The van der Waals surface area contributed by atoms with Crippen LogP contribution in [-0.2, 0) is 6.54 Å². The van der Waals surface area contributed by atoms with Crippen molar-refractivity contribution in [2.24, 2.45) is 0 Å². The highest BCUT2D eigenvalue weighted by molar-refractivity contribution is 5.97. The Kier molecular flexibility index (Phi) is 5.80. The summed E-state index contributed by atoms with van der Waals surface area (Å²) >= 11 is 0. The van der Waals surface area contributed by atoms with Gasteiger partial charge in [0.15, 0.2) is 0 Å². The fourth-order valence-electron chi connectivity index (χ4n) is 3.56. The van der Waals surface area contributed by atoms with E-state index in [0.717, 1.165) is 27.6 Å². The van der Waals surface area contributed by atoms with Gasteiger partial charge in [-0.3, -0.25) is 19.1 Å². The first-order valence-electron chi connectivity index (χ1n) is 10.1. The van der Waals surface area contributed by atoms with Crippen LogP contribution in [0.1, 0.15) is 34.1 Å². The number of hydrogen-bond acceptors (Lipinski definition) is 4. The molecule has 1 N–H and O–H groups in total. The quantitative estimate of drug-likeness (QED) is 0.498. The lowest BCUT2D eigenvalue weighted by Gasteiger charge is -2.12. The number of hydrogen-bond donors (Lipinski definition) is 1. The predicted octanol–water partition coefficient (Wildman–Crippen LogP) is 4.69. The van der Waals surface area contributed by atoms with Crippen LogP contribution in [0.4, 0.5) is 0 Å². The maximum atomic E-state index is 12.6. The van der Waals surface area contributed by atoms with E-state index in [2.05, 4.69) is 10.3 Å². The Bertz CT molecular complexity index is 1250. The predicted molar refractivity (Wildman–Crippen MR) is 120 cm³/mol. The molecule has 0 saturated heterocycles. The van der Waals surface area contributed by atoms with Crippen molar-refractivity contribution < 1.29 is 14.3 Å². The maximum Gasteiger partial charge on any atom is 0.251 e. The van der Waals surface area contributed by atoms with Crippen LogP contribution >= 0.6 is 0 Å². The minimum absolute atomic E-state index is 0.0574. The lowest BCUT2D eigenvalue weighted by atomic mass is 10.0. The van der Waals surface area contributed by atoms with E-state index >= 15 is 0 Å². The number of ether oxygens (including phenoxy) is 1. The highest BCUT2D eigenvalue weighted by Crippen LogP contribution is 2.33. The lowest BCUT2D eigenvalue weighted by molar-refractivity contribution is 0.0912. The van der Waals surface area contributed by atoms with Crippen molar-refractivity contribution in [1.82, 2.24) is 14.9 Å². The summed E-state index contributed by atoms with van der Waals surface area (Å²) in [7, 11) is 1.59. The molecule has 2 heterocycles. The molecule has 1 amide bonds. The molecular formula is C25H23N3O3. The molecule has 0 bridgehead atoms. The largest absolute Gasteiger partial charge is 0.496 e. The molecule has 156 valence electrons. The van der Waals surface area contributed by atoms with Crippen LogP contribution in [0.2, 0.25) is 0 Å². The van der Waals surface area contributed by atoms with E-state index in [9.17, 15) is 9.59 Å². The van der Waals surface area contributed by atoms with Crippen molar-refractivity contribution in [3.63, 3.8) is 0 Å². The van der Waals surface area contributed by atoms with Crippen LogP contribution < -0.4 is 10.1 Å². The van der Waals surface area contributed by atoms with Crippen LogP contribution in [0.5, 0.6) is 5.75 Å². The minimum atomic E-state index is -0.181. The average molecular weight is 413 g/mol. The second kappa shape index (κ2) is 8.83. The molecule has 0 atom stereocenters. The van der Waals surface area contributed by atoms with Gasteiger partial charge in [-0.25, -0.2) is 0 Å². The summed E-state index contributed by atoms with van der Waals surface area (Å²) in [5, 5.41) is 3.87. The standard InChI is InChI=1S/C25H23N3O3/c1-3-24(29)28-12-10-19-13-18(7-9-22(19)28)21-8-6-20(14-23(21)31-2)25(30)27-16-17-5-4-11-26-15-17/h4-15H,3,16H2,1-2H3,(H,27,30). The third-order valence-electron chi connectivity index (χ3n) is 5.21. The van der Waals surface area contributed by atoms with Crippen LogP contribution in [0, 0.1) is 0 Å². The van der Waals surface area contributed by atoms with Gasteiger partial charge in [0.2, 0.25) is 5.91 Å². The summed E-state index contributed by atoms with van der Waals surface area (Å²) in [5.74, 6) is 0.485. The number of rotatable bonds is 6. The fraction of sp³-hybridized carbons (Fsp3) is 0.160. The zero-order valence-corrected chi connectivity index (χ0v) is 17.5. The number of nitrogens with zero attached hydrogens (tertiary/aromatic N) is 2. The molecule has 2 aromatic heterocycles. The van der Waals surface area contributed by atoms with Crippen molar-refractivity contribution in [3.05, 3.63) is 84.3 Å². The molecule has 6 nitrogen and oxygen atoms in total. The Balaban J connectivity index is 1.59. The second-order valence-corrected chi connectivity index (χ2v) is 7.17. The Hall–Kier alpha value is -3.93. The van der Waals surface area contributed by atoms with E-state index in [-0.39, 0.29) is 11.8 Å². The van der Waals surface area contributed by atoms with Gasteiger partial charge in [-0.05, 0) is 53.6 Å². The first kappa shape index (κ1) is 20.3. The molecule has 0 fully saturated rings. The van der Waals surface area contributed by atoms with E-state index in [1.54, 1.807) is 42.4 Å². The Morgan fingerprint density at radius 1 is 1.10 bits per heavy atom. The van der Waals surface area contributed by atoms with Crippen molar-refractivity contribution in [1.29, 1.82) is 0 Å². The van der Waals surface area contributed by atoms with Gasteiger partial charge in [-0.1, -0.05) is 19.1 Å². The molecule has 0 aliphatic heterocycles. The van der Waals surface area contributed by atoms with E-state index in [4.69, 9.17) is 4.74 Å². The topological polar surface area (TPSA) is 73.2 Å². The van der Waals surface area contributed by atoms with Gasteiger partial charge in [0, 0.05) is 48.1 Å². The summed E-state index contributed by atoms with van der Waals surface area (Å²) in [4.78, 5) is 28.7. The smallest absolute Gasteiger partial charge is 0.251 e. The van der Waals surface area contributed by atoms with Crippen LogP contribution in [0.3, 0.4) is 0 Å². The summed E-state index contributed by atoms with van der Waals surface area (Å²) in [6.07, 6.45) is 5.67. The first-order valence-corrected chi connectivity index (χ1v) is 10.1. The number of fused-ring (bicyclic) bond motifs is 1. The SMILES string of the molecule is CCC(=O)n1ccc2cc(-c3ccc(C(=O)NCc4cccnc4)cc3OC)ccc21. The molecule has 0 radical (unpaired) electrons. The highest BCUT2D eigenvalue weighted by Gasteiger charge is 2.13. The summed E-state index contributed by atoms with van der Waals surface area (Å²) in [6, 6.07) is 17.0. The van der Waals surface area contributed by atoms with Gasteiger partial charge >= 0.3 is 0 Å². The molecular weight excluding hydrogens is 390 g/mol. The normalized spacial score (nSPS) is 10.8. The molecule has 0 aliphatic rings. The number of benzene rings is 2. The number of carbonyl (C=O) groups is 2. The Morgan fingerprint density at radius 3 is 2.71 bits per heavy atom. The van der Waals surface area contributed by atoms with E-state index in [0.29, 0.717) is 24.3 Å². The molecule has 31 heavy (non-hydrogen) atoms. The number of nitrogens with one attached hydrogen (secondary N) is 1. The van der Waals surface area contributed by atoms with Crippen molar-refractivity contribution >= 4 is 22.7 Å². The number of pyridine rings is 1. The minimum Gasteiger partial charge on any atom is -0.496 e. The fourth-order valence-corrected chi connectivity index (χ4v) is 3.56. The van der Waals surface area contributed by atoms with Gasteiger partial charge < -0.3 is 10.1 Å². The Labute approximate surface area is 180 Å². The summed E-state index contributed by atoms with van der Waals surface area (Å²) in [6.45, 7) is 2.25. The average Bonchev–Trinajstić information content (AvgIpc) is 3.25. The molecule has 0 aliphatic carbocycles. The zero-order valence-electron chi connectivity index (χ0n) is 17.5. The third kappa shape index (κ3) is 4.19. The second-order valence-electron chi connectivity index (χ2n) is 7.17. The monoisotopic (exact) mass is 413 g/mol. The van der Waals surface area contributed by atoms with E-state index in [1.165, 1.54) is 0 Å². The Morgan fingerprint density at radius 2 is 1.97 bits per heavy atom. The van der Waals surface area contributed by atoms with Gasteiger partial charge in [-0.2, -0.15) is 0 Å². The number of aromatic nitrogens is 2. The molecule has 6 heteroatoms. The summed E-state index contributed by atoms with van der Waals surface area (Å²) < 4.78 is 7.25. The van der Waals surface area contributed by atoms with Gasteiger partial charge in [0.05, 0.1) is 12.6 Å². The van der Waals surface area contributed by atoms with Crippen molar-refractivity contribution in [3.8, 4) is 16.9 Å². The van der Waals surface area contributed by atoms with Crippen LogP contribution in [-0.4, -0.2) is 28.5 Å². The molecule has 0 unspecified atom stereocenters. The van der Waals surface area contributed by atoms with Crippen molar-refractivity contribution in [2.75, 3.05) is 7.11 Å². The van der Waals surface area contributed by atoms with Crippen LogP contribution in [0.15, 0.2) is 73.2 Å². The first-order chi connectivity index (χ1) is 15.1. The maximum absolute atomic E-state index is 12.6. The van der Waals surface area contributed by atoms with Gasteiger partial charge in [0.1, 0.15) is 5.75 Å². The van der Waals surface area contributed by atoms with E-state index < -0.39 is 0 Å². The van der Waals surface area contributed by atoms with Crippen LogP contribution in [0.25, 0.3) is 22.0 Å². The van der Waals surface area contributed by atoms with Crippen molar-refractivity contribution in [2.45, 2.75) is 19.9 Å². The molecule has 4 aromatic rings. The molecule has 0 saturated carbocycles. The zero-order chi connectivity index (χ0) is 21.8. The number of methoxy groups -OCH3 is 1. The van der Waals surface area contributed by atoms with Gasteiger partial charge in [-0.15, -0.1) is 0 Å². The third-order valence-corrected chi connectivity index (χ3v) is 5.21. The highest BCUT2D eigenvalue weighted by atomic mass is 16.5. The number of carbonyl (C=O) groups excluding carboxylic acids is 2. The molecule has 2 aromatic carbocycles. The molecule has 4 rings (SSSR count). The number of amides is 1.